The van der Waals surface area contributed by atoms with Gasteiger partial charge in [-0.25, -0.2) is 9.59 Å². The van der Waals surface area contributed by atoms with Crippen molar-refractivity contribution in [3.63, 3.8) is 0 Å². The molecule has 2 aromatic rings. The highest BCUT2D eigenvalue weighted by atomic mass is 16.5. The van der Waals surface area contributed by atoms with Crippen LogP contribution in [-0.4, -0.2) is 41.8 Å². The Bertz CT molecular complexity index is 1010. The minimum absolute atomic E-state index is 0.0585. The first-order chi connectivity index (χ1) is 16.6. The number of aliphatic carboxylic acids is 1. The average Bonchev–Trinajstić information content (AvgIpc) is 3.13. The van der Waals surface area contributed by atoms with E-state index in [4.69, 9.17) is 4.74 Å². The normalized spacial score (nSPS) is 14.4. The number of alkyl carbamates (subject to hydrolysis) is 1. The zero-order chi connectivity index (χ0) is 25.6. The minimum Gasteiger partial charge on any atom is -0.480 e. The van der Waals surface area contributed by atoms with Crippen molar-refractivity contribution in [3.05, 3.63) is 59.7 Å². The Kier molecular flexibility index (Phi) is 8.54. The maximum atomic E-state index is 12.9. The number of carbonyl (C=O) groups excluding carboxylic acids is 2. The standard InChI is InChI=1S/C28H36N2O5/c1-5-10-24(26(32)33)29-25(31)23(15-16-28(2,3)4)30-27(34)35-17-22-20-13-8-6-11-18(20)19-12-7-9-14-21(19)22/h6-9,11-14,22-24H,5,10,15-17H2,1-4H3,(H,29,31)(H,30,34)(H,32,33)/t23?,24-/m0/s1. The Labute approximate surface area is 207 Å². The molecule has 3 N–H and O–H groups in total. The van der Waals surface area contributed by atoms with Crippen LogP contribution in [0.2, 0.25) is 0 Å². The molecule has 2 atom stereocenters. The van der Waals surface area contributed by atoms with Crippen molar-refractivity contribution in [1.29, 1.82) is 0 Å². The number of carboxylic acid groups (broad SMARTS) is 1. The number of amides is 2. The molecule has 2 amide bonds. The maximum Gasteiger partial charge on any atom is 0.407 e. The van der Waals surface area contributed by atoms with Crippen LogP contribution in [0.1, 0.15) is 70.4 Å². The summed E-state index contributed by atoms with van der Waals surface area (Å²) >= 11 is 0. The molecule has 0 fully saturated rings. The fourth-order valence-corrected chi connectivity index (χ4v) is 4.45. The Balaban J connectivity index is 1.68. The van der Waals surface area contributed by atoms with Crippen LogP contribution in [0.15, 0.2) is 48.5 Å². The van der Waals surface area contributed by atoms with E-state index in [-0.39, 0.29) is 17.9 Å². The molecule has 1 aliphatic carbocycles. The molecule has 0 saturated carbocycles. The van der Waals surface area contributed by atoms with Crippen LogP contribution >= 0.6 is 0 Å². The molecule has 7 nitrogen and oxygen atoms in total. The summed E-state index contributed by atoms with van der Waals surface area (Å²) in [6.45, 7) is 8.14. The van der Waals surface area contributed by atoms with E-state index < -0.39 is 30.1 Å². The molecule has 3 rings (SSSR count). The van der Waals surface area contributed by atoms with E-state index in [2.05, 4.69) is 22.8 Å². The van der Waals surface area contributed by atoms with Crippen LogP contribution in [0.4, 0.5) is 4.79 Å². The lowest BCUT2D eigenvalue weighted by molar-refractivity contribution is -0.142. The van der Waals surface area contributed by atoms with Gasteiger partial charge in [-0.05, 0) is 46.9 Å². The first kappa shape index (κ1) is 26.3. The van der Waals surface area contributed by atoms with Crippen LogP contribution in [0, 0.1) is 5.41 Å². The molecule has 188 valence electrons. The van der Waals surface area contributed by atoms with Crippen LogP contribution in [0.25, 0.3) is 11.1 Å². The number of fused-ring (bicyclic) bond motifs is 3. The fraction of sp³-hybridized carbons (Fsp3) is 0.464. The largest absolute Gasteiger partial charge is 0.480 e. The van der Waals surface area contributed by atoms with E-state index >= 15 is 0 Å². The smallest absolute Gasteiger partial charge is 0.407 e. The second-order valence-corrected chi connectivity index (χ2v) is 10.3. The molecule has 0 aliphatic heterocycles. The van der Waals surface area contributed by atoms with Crippen LogP contribution in [0.5, 0.6) is 0 Å². The summed E-state index contributed by atoms with van der Waals surface area (Å²) in [6, 6.07) is 14.3. The van der Waals surface area contributed by atoms with Gasteiger partial charge >= 0.3 is 12.1 Å². The van der Waals surface area contributed by atoms with Gasteiger partial charge in [-0.3, -0.25) is 4.79 Å². The van der Waals surface area contributed by atoms with E-state index in [1.165, 1.54) is 0 Å². The van der Waals surface area contributed by atoms with Gasteiger partial charge in [0.2, 0.25) is 5.91 Å². The number of hydrogen-bond donors (Lipinski definition) is 3. The van der Waals surface area contributed by atoms with Crippen LogP contribution in [0.3, 0.4) is 0 Å². The molecule has 0 aromatic heterocycles. The zero-order valence-corrected chi connectivity index (χ0v) is 21.0. The Hall–Kier alpha value is -3.35. The van der Waals surface area contributed by atoms with E-state index in [9.17, 15) is 19.5 Å². The van der Waals surface area contributed by atoms with Gasteiger partial charge in [-0.1, -0.05) is 82.6 Å². The van der Waals surface area contributed by atoms with Gasteiger partial charge in [0, 0.05) is 5.92 Å². The highest BCUT2D eigenvalue weighted by Gasteiger charge is 2.31. The van der Waals surface area contributed by atoms with Gasteiger partial charge < -0.3 is 20.5 Å². The average molecular weight is 481 g/mol. The Morgan fingerprint density at radius 2 is 1.49 bits per heavy atom. The van der Waals surface area contributed by atoms with Gasteiger partial charge in [0.05, 0.1) is 0 Å². The quantitative estimate of drug-likeness (QED) is 0.439. The van der Waals surface area contributed by atoms with Crippen molar-refractivity contribution in [2.24, 2.45) is 5.41 Å². The van der Waals surface area contributed by atoms with Crippen LogP contribution < -0.4 is 10.6 Å². The summed E-state index contributed by atoms with van der Waals surface area (Å²) in [6.07, 6.45) is 1.28. The number of ether oxygens (including phenoxy) is 1. The third-order valence-corrected chi connectivity index (χ3v) is 6.33. The predicted octanol–water partition coefficient (Wildman–Crippen LogP) is 5.09. The summed E-state index contributed by atoms with van der Waals surface area (Å²) in [7, 11) is 0. The van der Waals surface area contributed by atoms with E-state index in [1.54, 1.807) is 0 Å². The number of nitrogens with one attached hydrogen (secondary N) is 2. The van der Waals surface area contributed by atoms with Gasteiger partial charge in [0.1, 0.15) is 18.7 Å². The second kappa shape index (κ2) is 11.4. The van der Waals surface area contributed by atoms with Crippen molar-refractivity contribution in [3.8, 4) is 11.1 Å². The van der Waals surface area contributed by atoms with Gasteiger partial charge in [-0.2, -0.15) is 0 Å². The van der Waals surface area contributed by atoms with E-state index in [0.717, 1.165) is 22.3 Å². The van der Waals surface area contributed by atoms with Crippen molar-refractivity contribution in [2.75, 3.05) is 6.61 Å². The van der Waals surface area contributed by atoms with Gasteiger partial charge in [-0.15, -0.1) is 0 Å². The summed E-state index contributed by atoms with van der Waals surface area (Å²) < 4.78 is 5.61. The van der Waals surface area contributed by atoms with Gasteiger partial charge in [0.15, 0.2) is 0 Å². The lowest BCUT2D eigenvalue weighted by atomic mass is 9.88. The van der Waals surface area contributed by atoms with Gasteiger partial charge in [0.25, 0.3) is 0 Å². The molecule has 7 heteroatoms. The first-order valence-corrected chi connectivity index (χ1v) is 12.3. The molecular weight excluding hydrogens is 444 g/mol. The zero-order valence-electron chi connectivity index (χ0n) is 21.0. The highest BCUT2D eigenvalue weighted by Crippen LogP contribution is 2.44. The molecule has 0 saturated heterocycles. The second-order valence-electron chi connectivity index (χ2n) is 10.3. The summed E-state index contributed by atoms with van der Waals surface area (Å²) in [5.74, 6) is -1.68. The predicted molar refractivity (Wildman–Crippen MR) is 135 cm³/mol. The third kappa shape index (κ3) is 6.84. The number of carboxylic acids is 1. The number of rotatable bonds is 10. The van der Waals surface area contributed by atoms with E-state index in [0.29, 0.717) is 25.7 Å². The highest BCUT2D eigenvalue weighted by molar-refractivity contribution is 5.89. The molecule has 0 spiro atoms. The molecule has 0 radical (unpaired) electrons. The topological polar surface area (TPSA) is 105 Å². The molecular formula is C28H36N2O5. The molecule has 35 heavy (non-hydrogen) atoms. The Morgan fingerprint density at radius 1 is 0.914 bits per heavy atom. The monoisotopic (exact) mass is 480 g/mol. The summed E-state index contributed by atoms with van der Waals surface area (Å²) in [4.78, 5) is 37.2. The lowest BCUT2D eigenvalue weighted by Gasteiger charge is -2.25. The van der Waals surface area contributed by atoms with Crippen molar-refractivity contribution >= 4 is 18.0 Å². The molecule has 2 aromatic carbocycles. The third-order valence-electron chi connectivity index (χ3n) is 6.33. The Morgan fingerprint density at radius 3 is 2.00 bits per heavy atom. The molecule has 1 aliphatic rings. The first-order valence-electron chi connectivity index (χ1n) is 12.3. The van der Waals surface area contributed by atoms with E-state index in [1.807, 2.05) is 64.1 Å². The molecule has 0 heterocycles. The SMILES string of the molecule is CCC[C@H](NC(=O)C(CCC(C)(C)C)NC(=O)OCC1c2ccccc2-c2ccccc21)C(=O)O. The van der Waals surface area contributed by atoms with Crippen LogP contribution in [-0.2, 0) is 14.3 Å². The minimum atomic E-state index is -1.09. The van der Waals surface area contributed by atoms with Crippen molar-refractivity contribution in [2.45, 2.75) is 71.4 Å². The maximum absolute atomic E-state index is 12.9. The number of benzene rings is 2. The fourth-order valence-electron chi connectivity index (χ4n) is 4.45. The summed E-state index contributed by atoms with van der Waals surface area (Å²) in [5.41, 5.74) is 4.42. The summed E-state index contributed by atoms with van der Waals surface area (Å²) in [5, 5.41) is 14.7. The number of hydrogen-bond acceptors (Lipinski definition) is 4. The molecule has 0 bridgehead atoms. The number of carbonyl (C=O) groups is 3. The van der Waals surface area contributed by atoms with Crippen molar-refractivity contribution < 1.29 is 24.2 Å². The van der Waals surface area contributed by atoms with Crippen molar-refractivity contribution in [1.82, 2.24) is 10.6 Å². The lowest BCUT2D eigenvalue weighted by Crippen LogP contribution is -2.52. The molecule has 1 unspecified atom stereocenters.